The molecule has 1 aromatic rings. The third kappa shape index (κ3) is 5.48. The van der Waals surface area contributed by atoms with Gasteiger partial charge in [-0.05, 0) is 43.8 Å². The Morgan fingerprint density at radius 1 is 1.25 bits per heavy atom. The summed E-state index contributed by atoms with van der Waals surface area (Å²) in [6, 6.07) is 5.58. The van der Waals surface area contributed by atoms with Crippen molar-refractivity contribution in [3.8, 4) is 0 Å². The van der Waals surface area contributed by atoms with Gasteiger partial charge in [0.05, 0.1) is 6.54 Å². The van der Waals surface area contributed by atoms with Crippen LogP contribution in [0.1, 0.15) is 30.1 Å². The number of hydrogen-bond donors (Lipinski definition) is 1. The molecule has 20 heavy (non-hydrogen) atoms. The highest BCUT2D eigenvalue weighted by molar-refractivity contribution is 5.95. The van der Waals surface area contributed by atoms with Gasteiger partial charge in [-0.1, -0.05) is 6.92 Å². The van der Waals surface area contributed by atoms with E-state index in [4.69, 9.17) is 0 Å². The Bertz CT molecular complexity index is 446. The molecule has 0 saturated heterocycles. The zero-order valence-corrected chi connectivity index (χ0v) is 12.0. The van der Waals surface area contributed by atoms with Crippen molar-refractivity contribution in [1.29, 1.82) is 0 Å². The van der Waals surface area contributed by atoms with Gasteiger partial charge < -0.3 is 5.32 Å². The van der Waals surface area contributed by atoms with Crippen LogP contribution >= 0.6 is 0 Å². The summed E-state index contributed by atoms with van der Waals surface area (Å²) in [6.07, 6.45) is 1.08. The van der Waals surface area contributed by atoms with Crippen LogP contribution in [-0.4, -0.2) is 43.3 Å². The van der Waals surface area contributed by atoms with E-state index in [1.165, 1.54) is 24.3 Å². The van der Waals surface area contributed by atoms with Crippen molar-refractivity contribution in [2.24, 2.45) is 0 Å². The summed E-state index contributed by atoms with van der Waals surface area (Å²) in [5.41, 5.74) is 0.528. The van der Waals surface area contributed by atoms with Crippen molar-refractivity contribution < 1.29 is 14.0 Å². The number of likely N-dealkylation sites (N-methyl/N-ethyl adjacent to an activating group) is 2. The molecule has 110 valence electrons. The number of nitrogens with zero attached hydrogens (tertiary/aromatic N) is 1. The van der Waals surface area contributed by atoms with Gasteiger partial charge in [0.25, 0.3) is 0 Å². The second kappa shape index (κ2) is 8.43. The van der Waals surface area contributed by atoms with E-state index in [1.807, 2.05) is 11.8 Å². The zero-order valence-electron chi connectivity index (χ0n) is 12.0. The first-order valence-corrected chi connectivity index (χ1v) is 6.78. The molecule has 0 unspecified atom stereocenters. The molecule has 1 N–H and O–H groups in total. The van der Waals surface area contributed by atoms with Crippen molar-refractivity contribution in [2.45, 2.75) is 19.8 Å². The molecule has 0 bridgehead atoms. The van der Waals surface area contributed by atoms with Crippen LogP contribution in [0.15, 0.2) is 24.3 Å². The third-order valence-corrected chi connectivity index (χ3v) is 3.14. The van der Waals surface area contributed by atoms with Gasteiger partial charge in [-0.2, -0.15) is 0 Å². The molecule has 0 atom stereocenters. The largest absolute Gasteiger partial charge is 0.358 e. The van der Waals surface area contributed by atoms with E-state index in [-0.39, 0.29) is 17.5 Å². The summed E-state index contributed by atoms with van der Waals surface area (Å²) in [6.45, 7) is 3.78. The fourth-order valence-corrected chi connectivity index (χ4v) is 1.87. The highest BCUT2D eigenvalue weighted by Crippen LogP contribution is 2.07. The third-order valence-electron chi connectivity index (χ3n) is 3.14. The van der Waals surface area contributed by atoms with E-state index in [2.05, 4.69) is 5.32 Å². The van der Waals surface area contributed by atoms with Gasteiger partial charge in [-0.25, -0.2) is 4.39 Å². The van der Waals surface area contributed by atoms with E-state index in [0.29, 0.717) is 31.5 Å². The van der Waals surface area contributed by atoms with Crippen molar-refractivity contribution in [3.05, 3.63) is 35.6 Å². The second-order valence-electron chi connectivity index (χ2n) is 4.58. The highest BCUT2D eigenvalue weighted by Gasteiger charge is 2.10. The van der Waals surface area contributed by atoms with E-state index in [9.17, 15) is 14.0 Å². The van der Waals surface area contributed by atoms with Crippen molar-refractivity contribution in [1.82, 2.24) is 10.2 Å². The van der Waals surface area contributed by atoms with Gasteiger partial charge in [0.1, 0.15) is 5.82 Å². The fourth-order valence-electron chi connectivity index (χ4n) is 1.87. The SMILES string of the molecule is CCN(CCCC(=O)c1ccc(F)cc1)CC(=O)NC. The van der Waals surface area contributed by atoms with Crippen LogP contribution in [-0.2, 0) is 4.79 Å². The number of halogens is 1. The number of carbonyl (C=O) groups excluding carboxylic acids is 2. The lowest BCUT2D eigenvalue weighted by Gasteiger charge is -2.18. The van der Waals surface area contributed by atoms with Crippen LogP contribution in [0.3, 0.4) is 0 Å². The molecule has 0 fully saturated rings. The fraction of sp³-hybridized carbons (Fsp3) is 0.467. The first-order chi connectivity index (χ1) is 9.56. The zero-order chi connectivity index (χ0) is 15.0. The molecule has 0 aliphatic rings. The standard InChI is InChI=1S/C15H21FN2O2/c1-3-18(11-15(20)17-2)10-4-5-14(19)12-6-8-13(16)9-7-12/h6-9H,3-5,10-11H2,1-2H3,(H,17,20). The molecular weight excluding hydrogens is 259 g/mol. The molecule has 1 aromatic carbocycles. The number of hydrogen-bond acceptors (Lipinski definition) is 3. The maximum atomic E-state index is 12.8. The minimum Gasteiger partial charge on any atom is -0.358 e. The lowest BCUT2D eigenvalue weighted by atomic mass is 10.1. The van der Waals surface area contributed by atoms with Crippen LogP contribution in [0, 0.1) is 5.82 Å². The van der Waals surface area contributed by atoms with Crippen molar-refractivity contribution >= 4 is 11.7 Å². The number of rotatable bonds is 8. The molecule has 0 heterocycles. The predicted octanol–water partition coefficient (Wildman–Crippen LogP) is 1.86. The summed E-state index contributed by atoms with van der Waals surface area (Å²) >= 11 is 0. The first kappa shape index (κ1) is 16.3. The predicted molar refractivity (Wildman–Crippen MR) is 76.1 cm³/mol. The van der Waals surface area contributed by atoms with Gasteiger partial charge in [0.2, 0.25) is 5.91 Å². The molecule has 0 radical (unpaired) electrons. The summed E-state index contributed by atoms with van der Waals surface area (Å²) in [7, 11) is 1.61. The van der Waals surface area contributed by atoms with E-state index < -0.39 is 0 Å². The maximum Gasteiger partial charge on any atom is 0.233 e. The van der Waals surface area contributed by atoms with Crippen LogP contribution in [0.2, 0.25) is 0 Å². The summed E-state index contributed by atoms with van der Waals surface area (Å²) < 4.78 is 12.8. The van der Waals surface area contributed by atoms with Crippen molar-refractivity contribution in [3.63, 3.8) is 0 Å². The molecule has 0 saturated carbocycles. The van der Waals surface area contributed by atoms with Gasteiger partial charge in [-0.15, -0.1) is 0 Å². The molecule has 4 nitrogen and oxygen atoms in total. The van der Waals surface area contributed by atoms with Gasteiger partial charge in [0.15, 0.2) is 5.78 Å². The molecule has 0 aliphatic heterocycles. The average molecular weight is 280 g/mol. The number of benzene rings is 1. The normalized spacial score (nSPS) is 10.6. The summed E-state index contributed by atoms with van der Waals surface area (Å²) in [5.74, 6) is -0.373. The molecule has 0 spiro atoms. The van der Waals surface area contributed by atoms with Crippen LogP contribution in [0.5, 0.6) is 0 Å². The Hall–Kier alpha value is -1.75. The van der Waals surface area contributed by atoms with Crippen LogP contribution < -0.4 is 5.32 Å². The lowest BCUT2D eigenvalue weighted by Crippen LogP contribution is -2.36. The number of Topliss-reactive ketones (excluding diaryl/α,β-unsaturated/α-hetero) is 1. The Balaban J connectivity index is 2.37. The second-order valence-corrected chi connectivity index (χ2v) is 4.58. The van der Waals surface area contributed by atoms with Gasteiger partial charge in [-0.3, -0.25) is 14.5 Å². The summed E-state index contributed by atoms with van der Waals surface area (Å²) in [5, 5.41) is 2.58. The molecule has 0 aromatic heterocycles. The van der Waals surface area contributed by atoms with E-state index >= 15 is 0 Å². The molecule has 1 amide bonds. The number of amides is 1. The number of carbonyl (C=O) groups is 2. The smallest absolute Gasteiger partial charge is 0.233 e. The Kier molecular flexibility index (Phi) is 6.87. The van der Waals surface area contributed by atoms with E-state index in [0.717, 1.165) is 6.54 Å². The molecule has 1 rings (SSSR count). The van der Waals surface area contributed by atoms with Gasteiger partial charge >= 0.3 is 0 Å². The highest BCUT2D eigenvalue weighted by atomic mass is 19.1. The topological polar surface area (TPSA) is 49.4 Å². The lowest BCUT2D eigenvalue weighted by molar-refractivity contribution is -0.121. The minimum absolute atomic E-state index is 0.000922. The summed E-state index contributed by atoms with van der Waals surface area (Å²) in [4.78, 5) is 25.1. The average Bonchev–Trinajstić information content (AvgIpc) is 2.46. The Morgan fingerprint density at radius 3 is 2.45 bits per heavy atom. The quantitative estimate of drug-likeness (QED) is 0.739. The Morgan fingerprint density at radius 2 is 1.90 bits per heavy atom. The molecular formula is C15H21FN2O2. The first-order valence-electron chi connectivity index (χ1n) is 6.78. The maximum absolute atomic E-state index is 12.8. The monoisotopic (exact) mass is 280 g/mol. The number of nitrogens with one attached hydrogen (secondary N) is 1. The van der Waals surface area contributed by atoms with Gasteiger partial charge in [0, 0.05) is 19.0 Å². The molecule has 0 aliphatic carbocycles. The van der Waals surface area contributed by atoms with Crippen LogP contribution in [0.4, 0.5) is 4.39 Å². The minimum atomic E-state index is -0.343. The van der Waals surface area contributed by atoms with E-state index in [1.54, 1.807) is 7.05 Å². The number of ketones is 1. The molecule has 5 heteroatoms. The van der Waals surface area contributed by atoms with Crippen LogP contribution in [0.25, 0.3) is 0 Å². The Labute approximate surface area is 119 Å². The van der Waals surface area contributed by atoms with Crippen molar-refractivity contribution in [2.75, 3.05) is 26.7 Å².